The first-order valence-electron chi connectivity index (χ1n) is 6.79. The maximum absolute atomic E-state index is 10.5. The SMILES string of the molecule is C=CC(OCC)(OCC)C(O)C1CCCCC1. The molecule has 1 N–H and O–H groups in total. The highest BCUT2D eigenvalue weighted by Gasteiger charge is 2.41. The molecule has 1 fully saturated rings. The van der Waals surface area contributed by atoms with Crippen LogP contribution in [0.15, 0.2) is 12.7 Å². The fourth-order valence-electron chi connectivity index (χ4n) is 2.68. The molecule has 1 unspecified atom stereocenters. The van der Waals surface area contributed by atoms with E-state index in [1.807, 2.05) is 13.8 Å². The van der Waals surface area contributed by atoms with Crippen LogP contribution in [0.5, 0.6) is 0 Å². The van der Waals surface area contributed by atoms with Gasteiger partial charge in [0.1, 0.15) is 6.10 Å². The van der Waals surface area contributed by atoms with Gasteiger partial charge in [0.2, 0.25) is 5.79 Å². The molecule has 0 aromatic rings. The van der Waals surface area contributed by atoms with Gasteiger partial charge in [-0.2, -0.15) is 0 Å². The quantitative estimate of drug-likeness (QED) is 0.551. The highest BCUT2D eigenvalue weighted by atomic mass is 16.7. The Morgan fingerprint density at radius 1 is 1.24 bits per heavy atom. The van der Waals surface area contributed by atoms with Gasteiger partial charge in [-0.05, 0) is 38.7 Å². The van der Waals surface area contributed by atoms with Crippen LogP contribution >= 0.6 is 0 Å². The topological polar surface area (TPSA) is 38.7 Å². The van der Waals surface area contributed by atoms with Gasteiger partial charge in [-0.1, -0.05) is 25.8 Å². The molecule has 0 bridgehead atoms. The molecule has 1 aliphatic rings. The first kappa shape index (κ1) is 14.7. The third-order valence-electron chi connectivity index (χ3n) is 3.53. The van der Waals surface area contributed by atoms with Crippen LogP contribution in [0.1, 0.15) is 46.0 Å². The standard InChI is InChI=1S/C14H26O3/c1-4-14(16-5-2,17-6-3)13(15)12-10-8-7-9-11-12/h4,12-13,15H,1,5-11H2,2-3H3. The zero-order valence-electron chi connectivity index (χ0n) is 11.2. The van der Waals surface area contributed by atoms with Crippen LogP contribution in [0, 0.1) is 5.92 Å². The number of hydrogen-bond acceptors (Lipinski definition) is 3. The van der Waals surface area contributed by atoms with Crippen LogP contribution < -0.4 is 0 Å². The lowest BCUT2D eigenvalue weighted by Crippen LogP contribution is -2.50. The van der Waals surface area contributed by atoms with E-state index in [0.29, 0.717) is 13.2 Å². The predicted octanol–water partition coefficient (Wildman–Crippen LogP) is 2.88. The zero-order valence-corrected chi connectivity index (χ0v) is 11.2. The van der Waals surface area contributed by atoms with E-state index < -0.39 is 11.9 Å². The summed E-state index contributed by atoms with van der Waals surface area (Å²) in [4.78, 5) is 0. The minimum absolute atomic E-state index is 0.264. The van der Waals surface area contributed by atoms with E-state index in [1.165, 1.54) is 19.3 Å². The average Bonchev–Trinajstić information content (AvgIpc) is 2.38. The van der Waals surface area contributed by atoms with E-state index in [2.05, 4.69) is 6.58 Å². The normalized spacial score (nSPS) is 20.2. The first-order chi connectivity index (χ1) is 8.20. The van der Waals surface area contributed by atoms with Crippen molar-refractivity contribution >= 4 is 0 Å². The molecule has 100 valence electrons. The molecular weight excluding hydrogens is 216 g/mol. The number of aliphatic hydroxyl groups excluding tert-OH is 1. The second kappa shape index (κ2) is 7.14. The van der Waals surface area contributed by atoms with E-state index in [4.69, 9.17) is 9.47 Å². The van der Waals surface area contributed by atoms with Crippen molar-refractivity contribution in [2.45, 2.75) is 57.8 Å². The number of rotatable bonds is 7. The zero-order chi connectivity index (χ0) is 12.7. The fourth-order valence-corrected chi connectivity index (χ4v) is 2.68. The van der Waals surface area contributed by atoms with E-state index in [-0.39, 0.29) is 5.92 Å². The molecule has 0 spiro atoms. The van der Waals surface area contributed by atoms with Gasteiger partial charge in [0.05, 0.1) is 0 Å². The molecule has 0 aromatic heterocycles. The molecule has 0 radical (unpaired) electrons. The van der Waals surface area contributed by atoms with Crippen molar-refractivity contribution in [1.82, 2.24) is 0 Å². The molecule has 17 heavy (non-hydrogen) atoms. The second-order valence-electron chi connectivity index (χ2n) is 4.63. The number of hydrogen-bond donors (Lipinski definition) is 1. The Labute approximate surface area is 105 Å². The van der Waals surface area contributed by atoms with Gasteiger partial charge in [-0.25, -0.2) is 0 Å². The van der Waals surface area contributed by atoms with Crippen LogP contribution in [0.4, 0.5) is 0 Å². The summed E-state index contributed by atoms with van der Waals surface area (Å²) in [6, 6.07) is 0. The molecule has 3 nitrogen and oxygen atoms in total. The summed E-state index contributed by atoms with van der Waals surface area (Å²) < 4.78 is 11.3. The Balaban J connectivity index is 2.75. The summed E-state index contributed by atoms with van der Waals surface area (Å²) in [7, 11) is 0. The molecule has 3 heteroatoms. The van der Waals surface area contributed by atoms with Crippen molar-refractivity contribution in [3.05, 3.63) is 12.7 Å². The lowest BCUT2D eigenvalue weighted by molar-refractivity contribution is -0.261. The Bertz CT molecular complexity index is 216. The van der Waals surface area contributed by atoms with Crippen LogP contribution in [-0.4, -0.2) is 30.2 Å². The number of ether oxygens (including phenoxy) is 2. The summed E-state index contributed by atoms with van der Waals surface area (Å²) in [6.45, 7) is 8.61. The molecule has 0 heterocycles. The van der Waals surface area contributed by atoms with Crippen molar-refractivity contribution < 1.29 is 14.6 Å². The molecule has 1 aliphatic carbocycles. The highest BCUT2D eigenvalue weighted by Crippen LogP contribution is 2.34. The fraction of sp³-hybridized carbons (Fsp3) is 0.857. The summed E-state index contributed by atoms with van der Waals surface area (Å²) in [5.41, 5.74) is 0. The van der Waals surface area contributed by atoms with Crippen LogP contribution in [0.3, 0.4) is 0 Å². The summed E-state index contributed by atoms with van der Waals surface area (Å²) in [5, 5.41) is 10.5. The molecule has 0 saturated heterocycles. The van der Waals surface area contributed by atoms with Gasteiger partial charge in [0.15, 0.2) is 0 Å². The highest BCUT2D eigenvalue weighted by molar-refractivity contribution is 4.98. The van der Waals surface area contributed by atoms with E-state index in [0.717, 1.165) is 12.8 Å². The molecule has 0 amide bonds. The second-order valence-corrected chi connectivity index (χ2v) is 4.63. The first-order valence-corrected chi connectivity index (χ1v) is 6.79. The lowest BCUT2D eigenvalue weighted by Gasteiger charge is -2.39. The van der Waals surface area contributed by atoms with Gasteiger partial charge in [-0.3, -0.25) is 0 Å². The minimum Gasteiger partial charge on any atom is -0.387 e. The summed E-state index contributed by atoms with van der Waals surface area (Å²) >= 11 is 0. The van der Waals surface area contributed by atoms with E-state index in [1.54, 1.807) is 6.08 Å². The maximum Gasteiger partial charge on any atom is 0.214 e. The molecular formula is C14H26O3. The summed E-state index contributed by atoms with van der Waals surface area (Å²) in [5.74, 6) is -0.759. The number of aliphatic hydroxyl groups is 1. The molecule has 0 aromatic carbocycles. The minimum atomic E-state index is -1.02. The van der Waals surface area contributed by atoms with Crippen LogP contribution in [-0.2, 0) is 9.47 Å². The van der Waals surface area contributed by atoms with Gasteiger partial charge in [-0.15, -0.1) is 0 Å². The molecule has 1 saturated carbocycles. The van der Waals surface area contributed by atoms with Gasteiger partial charge < -0.3 is 14.6 Å². The maximum atomic E-state index is 10.5. The molecule has 1 rings (SSSR count). The monoisotopic (exact) mass is 242 g/mol. The smallest absolute Gasteiger partial charge is 0.214 e. The van der Waals surface area contributed by atoms with E-state index in [9.17, 15) is 5.11 Å². The van der Waals surface area contributed by atoms with Crippen molar-refractivity contribution in [3.8, 4) is 0 Å². The van der Waals surface area contributed by atoms with Crippen molar-refractivity contribution in [3.63, 3.8) is 0 Å². The van der Waals surface area contributed by atoms with Crippen LogP contribution in [0.25, 0.3) is 0 Å². The van der Waals surface area contributed by atoms with Crippen molar-refractivity contribution in [1.29, 1.82) is 0 Å². The average molecular weight is 242 g/mol. The Morgan fingerprint density at radius 2 is 1.76 bits per heavy atom. The Morgan fingerprint density at radius 3 is 2.18 bits per heavy atom. The van der Waals surface area contributed by atoms with Crippen LogP contribution in [0.2, 0.25) is 0 Å². The van der Waals surface area contributed by atoms with Crippen molar-refractivity contribution in [2.75, 3.05) is 13.2 Å². The molecule has 1 atom stereocenters. The van der Waals surface area contributed by atoms with Gasteiger partial charge in [0, 0.05) is 13.2 Å². The van der Waals surface area contributed by atoms with Gasteiger partial charge in [0.25, 0.3) is 0 Å². The Hall–Kier alpha value is -0.380. The van der Waals surface area contributed by atoms with Crippen molar-refractivity contribution in [2.24, 2.45) is 5.92 Å². The third-order valence-corrected chi connectivity index (χ3v) is 3.53. The van der Waals surface area contributed by atoms with Gasteiger partial charge >= 0.3 is 0 Å². The summed E-state index contributed by atoms with van der Waals surface area (Å²) in [6.07, 6.45) is 6.75. The molecule has 0 aliphatic heterocycles. The Kier molecular flexibility index (Phi) is 6.17. The van der Waals surface area contributed by atoms with E-state index >= 15 is 0 Å². The lowest BCUT2D eigenvalue weighted by atomic mass is 9.82. The predicted molar refractivity (Wildman–Crippen MR) is 68.8 cm³/mol. The third kappa shape index (κ3) is 3.54. The largest absolute Gasteiger partial charge is 0.387 e.